The van der Waals surface area contributed by atoms with Gasteiger partial charge in [0.25, 0.3) is 0 Å². The molecule has 0 radical (unpaired) electrons. The number of hydrogen-bond donors (Lipinski definition) is 4. The molecule has 0 aromatic carbocycles. The van der Waals surface area contributed by atoms with Crippen LogP contribution in [0, 0.1) is 0 Å². The van der Waals surface area contributed by atoms with Crippen LogP contribution in [0.5, 0.6) is 0 Å². The van der Waals surface area contributed by atoms with Gasteiger partial charge in [-0.25, -0.2) is 9.59 Å². The van der Waals surface area contributed by atoms with E-state index < -0.39 is 6.09 Å². The summed E-state index contributed by atoms with van der Waals surface area (Å²) in [5.41, 5.74) is 0. The van der Waals surface area contributed by atoms with E-state index >= 15 is 0 Å². The highest BCUT2D eigenvalue weighted by Gasteiger charge is 2.10. The summed E-state index contributed by atoms with van der Waals surface area (Å²) in [6, 6.07) is -0.279. The van der Waals surface area contributed by atoms with E-state index in [1.807, 2.05) is 0 Å². The van der Waals surface area contributed by atoms with E-state index in [0.717, 1.165) is 25.7 Å². The van der Waals surface area contributed by atoms with Gasteiger partial charge in [0.1, 0.15) is 6.61 Å². The molecule has 0 spiro atoms. The molecule has 0 unspecified atom stereocenters. The number of rotatable bonds is 14. The quantitative estimate of drug-likeness (QED) is 0.326. The molecule has 9 nitrogen and oxygen atoms in total. The Morgan fingerprint density at radius 2 is 1.50 bits per heavy atom. The zero-order valence-corrected chi connectivity index (χ0v) is 14.5. The first-order valence-electron chi connectivity index (χ1n) is 8.29. The third-order valence-corrected chi connectivity index (χ3v) is 3.20. The van der Waals surface area contributed by atoms with Crippen molar-refractivity contribution in [1.29, 1.82) is 0 Å². The zero-order valence-electron chi connectivity index (χ0n) is 14.5. The van der Waals surface area contributed by atoms with Gasteiger partial charge in [0.05, 0.1) is 19.8 Å². The van der Waals surface area contributed by atoms with Gasteiger partial charge in [0, 0.05) is 33.3 Å². The maximum Gasteiger partial charge on any atom is 0.407 e. The number of amides is 3. The van der Waals surface area contributed by atoms with Crippen molar-refractivity contribution in [1.82, 2.24) is 15.5 Å². The summed E-state index contributed by atoms with van der Waals surface area (Å²) in [5, 5.41) is 23.1. The Morgan fingerprint density at radius 3 is 2.04 bits per heavy atom. The highest BCUT2D eigenvalue weighted by atomic mass is 16.6. The maximum atomic E-state index is 11.8. The number of hydrogen-bond acceptors (Lipinski definition) is 6. The fourth-order valence-electron chi connectivity index (χ4n) is 1.93. The Hall–Kier alpha value is -1.58. The first-order valence-corrected chi connectivity index (χ1v) is 8.29. The third kappa shape index (κ3) is 12.9. The molecule has 3 amide bonds. The zero-order chi connectivity index (χ0) is 18.0. The second-order valence-electron chi connectivity index (χ2n) is 5.14. The lowest BCUT2D eigenvalue weighted by atomic mass is 10.2. The van der Waals surface area contributed by atoms with Gasteiger partial charge in [0.2, 0.25) is 0 Å². The van der Waals surface area contributed by atoms with Crippen molar-refractivity contribution >= 4 is 12.1 Å². The van der Waals surface area contributed by atoms with Crippen molar-refractivity contribution < 1.29 is 29.3 Å². The number of alkyl carbamates (subject to hydrolysis) is 1. The van der Waals surface area contributed by atoms with E-state index in [-0.39, 0.29) is 38.9 Å². The number of nitrogens with zero attached hydrogens (tertiary/aromatic N) is 1. The number of carbonyl (C=O) groups excluding carboxylic acids is 2. The minimum atomic E-state index is -0.438. The summed E-state index contributed by atoms with van der Waals surface area (Å²) in [5.74, 6) is 0. The molecule has 0 atom stereocenters. The summed E-state index contributed by atoms with van der Waals surface area (Å²) in [6.45, 7) is 1.87. The lowest BCUT2D eigenvalue weighted by Crippen LogP contribution is -2.43. The van der Waals surface area contributed by atoms with E-state index in [1.165, 1.54) is 4.90 Å². The number of nitrogens with one attached hydrogen (secondary N) is 2. The van der Waals surface area contributed by atoms with Crippen LogP contribution >= 0.6 is 0 Å². The van der Waals surface area contributed by atoms with Gasteiger partial charge >= 0.3 is 12.1 Å². The molecule has 0 saturated carbocycles. The fourth-order valence-corrected chi connectivity index (χ4v) is 1.93. The molecule has 0 aromatic rings. The molecule has 0 fully saturated rings. The molecule has 0 aliphatic carbocycles. The van der Waals surface area contributed by atoms with Crippen molar-refractivity contribution in [3.8, 4) is 0 Å². The molecular formula is C15H31N3O6. The van der Waals surface area contributed by atoms with Crippen molar-refractivity contribution in [2.45, 2.75) is 25.7 Å². The Balaban J connectivity index is 3.49. The van der Waals surface area contributed by atoms with Gasteiger partial charge in [-0.2, -0.15) is 0 Å². The van der Waals surface area contributed by atoms with Crippen molar-refractivity contribution in [2.24, 2.45) is 0 Å². The molecular weight excluding hydrogens is 318 g/mol. The predicted molar refractivity (Wildman–Crippen MR) is 88.8 cm³/mol. The largest absolute Gasteiger partial charge is 0.447 e. The summed E-state index contributed by atoms with van der Waals surface area (Å²) in [6.07, 6.45) is 3.10. The minimum absolute atomic E-state index is 0.131. The smallest absolute Gasteiger partial charge is 0.407 e. The second-order valence-corrected chi connectivity index (χ2v) is 5.14. The van der Waals surface area contributed by atoms with Crippen LogP contribution in [0.15, 0.2) is 0 Å². The number of aliphatic hydroxyl groups excluding tert-OH is 2. The highest BCUT2D eigenvalue weighted by molar-refractivity contribution is 5.74. The van der Waals surface area contributed by atoms with Crippen molar-refractivity contribution in [3.63, 3.8) is 0 Å². The van der Waals surface area contributed by atoms with Crippen LogP contribution in [0.1, 0.15) is 25.7 Å². The number of ether oxygens (including phenoxy) is 2. The van der Waals surface area contributed by atoms with Crippen LogP contribution in [0.25, 0.3) is 0 Å². The molecule has 0 saturated heterocycles. The number of aliphatic hydroxyl groups is 2. The first-order chi connectivity index (χ1) is 11.7. The monoisotopic (exact) mass is 349 g/mol. The molecule has 0 aliphatic rings. The topological polar surface area (TPSA) is 120 Å². The Kier molecular flexibility index (Phi) is 15.2. The summed E-state index contributed by atoms with van der Waals surface area (Å²) < 4.78 is 9.62. The number of carbonyl (C=O) groups is 2. The van der Waals surface area contributed by atoms with Crippen LogP contribution in [0.4, 0.5) is 9.59 Å². The minimum Gasteiger partial charge on any atom is -0.447 e. The number of unbranched alkanes of at least 4 members (excludes halogenated alkanes) is 3. The van der Waals surface area contributed by atoms with E-state index in [1.54, 1.807) is 7.11 Å². The average Bonchev–Trinajstić information content (AvgIpc) is 2.57. The van der Waals surface area contributed by atoms with Gasteiger partial charge < -0.3 is 35.2 Å². The van der Waals surface area contributed by atoms with Gasteiger partial charge in [-0.1, -0.05) is 12.8 Å². The Morgan fingerprint density at radius 1 is 0.917 bits per heavy atom. The molecule has 4 N–H and O–H groups in total. The summed E-state index contributed by atoms with van der Waals surface area (Å²) in [4.78, 5) is 24.4. The highest BCUT2D eigenvalue weighted by Crippen LogP contribution is 1.98. The molecule has 0 heterocycles. The van der Waals surface area contributed by atoms with Crippen LogP contribution < -0.4 is 10.6 Å². The molecule has 0 aromatic heterocycles. The third-order valence-electron chi connectivity index (χ3n) is 3.20. The molecule has 24 heavy (non-hydrogen) atoms. The summed E-state index contributed by atoms with van der Waals surface area (Å²) in [7, 11) is 1.54. The summed E-state index contributed by atoms with van der Waals surface area (Å²) >= 11 is 0. The Bertz CT molecular complexity index is 324. The Labute approximate surface area is 143 Å². The number of urea groups is 1. The average molecular weight is 349 g/mol. The SMILES string of the molecule is COCCOC(=O)NCCCCCCNC(=O)N(CCO)CCO. The molecule has 0 aliphatic heterocycles. The lowest BCUT2D eigenvalue weighted by molar-refractivity contribution is 0.0985. The maximum absolute atomic E-state index is 11.8. The number of methoxy groups -OCH3 is 1. The molecule has 0 rings (SSSR count). The van der Waals surface area contributed by atoms with E-state index in [0.29, 0.717) is 19.7 Å². The lowest BCUT2D eigenvalue weighted by Gasteiger charge is -2.21. The van der Waals surface area contributed by atoms with Gasteiger partial charge in [0.15, 0.2) is 0 Å². The van der Waals surface area contributed by atoms with Crippen LogP contribution in [-0.4, -0.2) is 87.0 Å². The van der Waals surface area contributed by atoms with E-state index in [2.05, 4.69) is 10.6 Å². The predicted octanol–water partition coefficient (Wildman–Crippen LogP) is -0.0844. The van der Waals surface area contributed by atoms with Crippen LogP contribution in [0.3, 0.4) is 0 Å². The second kappa shape index (κ2) is 16.3. The van der Waals surface area contributed by atoms with E-state index in [4.69, 9.17) is 19.7 Å². The fraction of sp³-hybridized carbons (Fsp3) is 0.867. The normalized spacial score (nSPS) is 10.3. The first kappa shape index (κ1) is 22.4. The van der Waals surface area contributed by atoms with E-state index in [9.17, 15) is 9.59 Å². The molecule has 142 valence electrons. The van der Waals surface area contributed by atoms with Crippen LogP contribution in [0.2, 0.25) is 0 Å². The van der Waals surface area contributed by atoms with Gasteiger partial charge in [-0.15, -0.1) is 0 Å². The molecule has 9 heteroatoms. The van der Waals surface area contributed by atoms with Gasteiger partial charge in [-0.3, -0.25) is 0 Å². The van der Waals surface area contributed by atoms with Crippen LogP contribution in [-0.2, 0) is 9.47 Å². The molecule has 0 bridgehead atoms. The van der Waals surface area contributed by atoms with Crippen molar-refractivity contribution in [3.05, 3.63) is 0 Å². The standard InChI is InChI=1S/C15H31N3O6/c1-23-12-13-24-15(22)17-7-5-3-2-4-6-16-14(21)18(8-10-19)9-11-20/h19-20H,2-13H2,1H3,(H,16,21)(H,17,22). The van der Waals surface area contributed by atoms with Gasteiger partial charge in [-0.05, 0) is 12.8 Å². The van der Waals surface area contributed by atoms with Crippen molar-refractivity contribution in [2.75, 3.05) is 59.7 Å².